The van der Waals surface area contributed by atoms with E-state index in [1.54, 1.807) is 0 Å². The molecule has 100 valence electrons. The second-order valence-corrected chi connectivity index (χ2v) is 4.72. The third-order valence-electron chi connectivity index (χ3n) is 3.18. The standard InChI is InChI=1S/C15H18N2O2/c1-15(9-3-11-19-15)14(18)17-13-7-5-12(6-8-13)4-2-10-16/h5-8H,3,9-11,16H2,1H3,(H,17,18). The van der Waals surface area contributed by atoms with E-state index >= 15 is 0 Å². The molecule has 0 spiro atoms. The molecule has 1 saturated heterocycles. The summed E-state index contributed by atoms with van der Waals surface area (Å²) >= 11 is 0. The Balaban J connectivity index is 2.01. The van der Waals surface area contributed by atoms with E-state index < -0.39 is 5.60 Å². The molecule has 0 bridgehead atoms. The number of amides is 1. The summed E-state index contributed by atoms with van der Waals surface area (Å²) in [5, 5.41) is 2.87. The maximum atomic E-state index is 12.1. The predicted octanol–water partition coefficient (Wildman–Crippen LogP) is 1.50. The van der Waals surface area contributed by atoms with E-state index in [0.717, 1.165) is 24.1 Å². The lowest BCUT2D eigenvalue weighted by atomic mass is 10.0. The lowest BCUT2D eigenvalue weighted by Crippen LogP contribution is -2.39. The van der Waals surface area contributed by atoms with Crippen LogP contribution in [0.4, 0.5) is 5.69 Å². The van der Waals surface area contributed by atoms with E-state index in [9.17, 15) is 4.79 Å². The van der Waals surface area contributed by atoms with Crippen LogP contribution in [0.5, 0.6) is 0 Å². The minimum Gasteiger partial charge on any atom is -0.365 e. The summed E-state index contributed by atoms with van der Waals surface area (Å²) in [6.45, 7) is 2.82. The van der Waals surface area contributed by atoms with Crippen molar-refractivity contribution in [3.63, 3.8) is 0 Å². The van der Waals surface area contributed by atoms with Crippen molar-refractivity contribution in [2.75, 3.05) is 18.5 Å². The number of ether oxygens (including phenoxy) is 1. The zero-order valence-electron chi connectivity index (χ0n) is 11.0. The van der Waals surface area contributed by atoms with E-state index in [-0.39, 0.29) is 5.91 Å². The molecule has 1 atom stereocenters. The van der Waals surface area contributed by atoms with Crippen molar-refractivity contribution in [1.82, 2.24) is 0 Å². The van der Waals surface area contributed by atoms with Gasteiger partial charge in [-0.3, -0.25) is 4.79 Å². The van der Waals surface area contributed by atoms with Crippen LogP contribution in [-0.4, -0.2) is 24.7 Å². The maximum absolute atomic E-state index is 12.1. The Morgan fingerprint density at radius 3 is 2.79 bits per heavy atom. The van der Waals surface area contributed by atoms with E-state index in [1.165, 1.54) is 0 Å². The molecule has 2 rings (SSSR count). The SMILES string of the molecule is CC1(C(=O)Nc2ccc(C#CCN)cc2)CCCO1. The van der Waals surface area contributed by atoms with E-state index in [2.05, 4.69) is 17.2 Å². The molecular weight excluding hydrogens is 240 g/mol. The predicted molar refractivity (Wildman–Crippen MR) is 74.6 cm³/mol. The Hall–Kier alpha value is -1.83. The topological polar surface area (TPSA) is 64.4 Å². The van der Waals surface area contributed by atoms with Gasteiger partial charge in [0.1, 0.15) is 5.60 Å². The van der Waals surface area contributed by atoms with E-state index in [1.807, 2.05) is 31.2 Å². The monoisotopic (exact) mass is 258 g/mol. The summed E-state index contributed by atoms with van der Waals surface area (Å²) in [7, 11) is 0. The first-order valence-corrected chi connectivity index (χ1v) is 6.38. The molecule has 1 aliphatic rings. The van der Waals surface area contributed by atoms with Crippen molar-refractivity contribution >= 4 is 11.6 Å². The fourth-order valence-corrected chi connectivity index (χ4v) is 2.01. The van der Waals surface area contributed by atoms with Crippen molar-refractivity contribution in [2.24, 2.45) is 5.73 Å². The van der Waals surface area contributed by atoms with Crippen LogP contribution in [0.25, 0.3) is 0 Å². The van der Waals surface area contributed by atoms with Crippen LogP contribution in [0.1, 0.15) is 25.3 Å². The van der Waals surface area contributed by atoms with Crippen molar-refractivity contribution in [1.29, 1.82) is 0 Å². The molecule has 1 unspecified atom stereocenters. The maximum Gasteiger partial charge on any atom is 0.256 e. The van der Waals surface area contributed by atoms with Gasteiger partial charge in [0.15, 0.2) is 0 Å². The molecule has 4 heteroatoms. The number of benzene rings is 1. The average molecular weight is 258 g/mol. The Morgan fingerprint density at radius 2 is 2.21 bits per heavy atom. The minimum absolute atomic E-state index is 0.0919. The van der Waals surface area contributed by atoms with Gasteiger partial charge in [-0.1, -0.05) is 11.8 Å². The van der Waals surface area contributed by atoms with Gasteiger partial charge < -0.3 is 15.8 Å². The molecule has 1 fully saturated rings. The van der Waals surface area contributed by atoms with Crippen molar-refractivity contribution < 1.29 is 9.53 Å². The number of carbonyl (C=O) groups is 1. The van der Waals surface area contributed by atoms with Crippen LogP contribution < -0.4 is 11.1 Å². The van der Waals surface area contributed by atoms with Crippen molar-refractivity contribution in [2.45, 2.75) is 25.4 Å². The van der Waals surface area contributed by atoms with Gasteiger partial charge in [0.05, 0.1) is 6.54 Å². The summed E-state index contributed by atoms with van der Waals surface area (Å²) in [5.74, 6) is 5.63. The van der Waals surface area contributed by atoms with Gasteiger partial charge in [0.25, 0.3) is 5.91 Å². The van der Waals surface area contributed by atoms with Gasteiger partial charge in [-0.25, -0.2) is 0 Å². The molecule has 0 saturated carbocycles. The van der Waals surface area contributed by atoms with Crippen LogP contribution >= 0.6 is 0 Å². The number of hydrogen-bond acceptors (Lipinski definition) is 3. The van der Waals surface area contributed by atoms with Gasteiger partial charge in [-0.05, 0) is 44.0 Å². The van der Waals surface area contributed by atoms with Gasteiger partial charge in [-0.2, -0.15) is 0 Å². The zero-order valence-corrected chi connectivity index (χ0v) is 11.0. The average Bonchev–Trinajstić information content (AvgIpc) is 2.86. The van der Waals surface area contributed by atoms with E-state index in [0.29, 0.717) is 13.2 Å². The third kappa shape index (κ3) is 3.34. The van der Waals surface area contributed by atoms with Gasteiger partial charge in [0, 0.05) is 17.9 Å². The number of rotatable bonds is 2. The lowest BCUT2D eigenvalue weighted by molar-refractivity contribution is -0.133. The van der Waals surface area contributed by atoms with Crippen LogP contribution in [0, 0.1) is 11.8 Å². The first-order chi connectivity index (χ1) is 9.14. The van der Waals surface area contributed by atoms with Crippen LogP contribution in [-0.2, 0) is 9.53 Å². The highest BCUT2D eigenvalue weighted by Crippen LogP contribution is 2.26. The molecule has 1 aliphatic heterocycles. The molecule has 0 radical (unpaired) electrons. The van der Waals surface area contributed by atoms with E-state index in [4.69, 9.17) is 10.5 Å². The second-order valence-electron chi connectivity index (χ2n) is 4.72. The number of anilines is 1. The van der Waals surface area contributed by atoms with Gasteiger partial charge in [0.2, 0.25) is 0 Å². The summed E-state index contributed by atoms with van der Waals surface area (Å²) in [6, 6.07) is 7.37. The summed E-state index contributed by atoms with van der Waals surface area (Å²) in [6.07, 6.45) is 1.69. The largest absolute Gasteiger partial charge is 0.365 e. The highest BCUT2D eigenvalue weighted by atomic mass is 16.5. The zero-order chi connectivity index (χ0) is 13.7. The molecule has 0 aliphatic carbocycles. The normalized spacial score (nSPS) is 21.6. The molecule has 3 N–H and O–H groups in total. The number of hydrogen-bond donors (Lipinski definition) is 2. The highest BCUT2D eigenvalue weighted by molar-refractivity contribution is 5.97. The van der Waals surface area contributed by atoms with Gasteiger partial charge >= 0.3 is 0 Å². The quantitative estimate of drug-likeness (QED) is 0.790. The lowest BCUT2D eigenvalue weighted by Gasteiger charge is -2.21. The summed E-state index contributed by atoms with van der Waals surface area (Å²) < 4.78 is 5.50. The second kappa shape index (κ2) is 5.87. The first-order valence-electron chi connectivity index (χ1n) is 6.38. The molecule has 1 aromatic rings. The molecule has 19 heavy (non-hydrogen) atoms. The van der Waals surface area contributed by atoms with Crippen LogP contribution in [0.3, 0.4) is 0 Å². The highest BCUT2D eigenvalue weighted by Gasteiger charge is 2.37. The fourth-order valence-electron chi connectivity index (χ4n) is 2.01. The molecule has 4 nitrogen and oxygen atoms in total. The van der Waals surface area contributed by atoms with Crippen molar-refractivity contribution in [3.05, 3.63) is 29.8 Å². The number of carbonyl (C=O) groups excluding carboxylic acids is 1. The van der Waals surface area contributed by atoms with Gasteiger partial charge in [-0.15, -0.1) is 0 Å². The van der Waals surface area contributed by atoms with Crippen LogP contribution in [0.2, 0.25) is 0 Å². The van der Waals surface area contributed by atoms with Crippen molar-refractivity contribution in [3.8, 4) is 11.8 Å². The Morgan fingerprint density at radius 1 is 1.47 bits per heavy atom. The van der Waals surface area contributed by atoms with Crippen LogP contribution in [0.15, 0.2) is 24.3 Å². The summed E-state index contributed by atoms with van der Waals surface area (Å²) in [4.78, 5) is 12.1. The Bertz CT molecular complexity index is 505. The smallest absolute Gasteiger partial charge is 0.256 e. The third-order valence-corrected chi connectivity index (χ3v) is 3.18. The number of nitrogens with one attached hydrogen (secondary N) is 1. The number of nitrogens with two attached hydrogens (primary N) is 1. The molecule has 1 aromatic carbocycles. The first kappa shape index (κ1) is 13.6. The molecule has 1 heterocycles. The molecule has 0 aromatic heterocycles. The Kier molecular flexibility index (Phi) is 4.20. The fraction of sp³-hybridized carbons (Fsp3) is 0.400. The minimum atomic E-state index is -0.696. The Labute approximate surface area is 113 Å². The molecular formula is C15H18N2O2. The molecule has 1 amide bonds. The summed E-state index contributed by atoms with van der Waals surface area (Å²) in [5.41, 5.74) is 6.25.